The Balaban J connectivity index is 1.39. The molecule has 3 heterocycles. The largest absolute Gasteiger partial charge is 0.444 e. The number of aromatic nitrogens is 1. The number of carbonyl (C=O) groups excluding carboxylic acids is 2. The molecule has 4 rings (SSSR count). The van der Waals surface area contributed by atoms with Gasteiger partial charge in [0, 0.05) is 31.6 Å². The number of piperazine rings is 1. The second-order valence-electron chi connectivity index (χ2n) is 8.56. The highest BCUT2D eigenvalue weighted by Crippen LogP contribution is 2.30. The summed E-state index contributed by atoms with van der Waals surface area (Å²) in [5.74, 6) is 6.48. The van der Waals surface area contributed by atoms with Crippen molar-refractivity contribution in [3.05, 3.63) is 29.3 Å². The van der Waals surface area contributed by atoms with Gasteiger partial charge in [-0.05, 0) is 39.3 Å². The van der Waals surface area contributed by atoms with E-state index in [1.165, 1.54) is 0 Å². The summed E-state index contributed by atoms with van der Waals surface area (Å²) in [4.78, 5) is 33.1. The van der Waals surface area contributed by atoms with Crippen LogP contribution >= 0.6 is 11.3 Å². The number of thiazole rings is 1. The lowest BCUT2D eigenvalue weighted by atomic mass is 10.0. The van der Waals surface area contributed by atoms with E-state index in [0.717, 1.165) is 22.2 Å². The van der Waals surface area contributed by atoms with Gasteiger partial charge in [-0.1, -0.05) is 17.9 Å². The Bertz CT molecular complexity index is 998. The molecule has 1 aromatic heterocycles. The van der Waals surface area contributed by atoms with E-state index in [0.29, 0.717) is 26.1 Å². The van der Waals surface area contributed by atoms with Crippen molar-refractivity contribution in [2.45, 2.75) is 45.3 Å². The SMILES string of the molecule is CC(C)(C)OC(=O)N1CCN2C(=O)[C@@H](CC#Cc3cccc4ncsc34)C[C@H]2C1. The van der Waals surface area contributed by atoms with Crippen LogP contribution in [0.1, 0.15) is 39.2 Å². The van der Waals surface area contributed by atoms with Crippen LogP contribution in [0.15, 0.2) is 23.7 Å². The summed E-state index contributed by atoms with van der Waals surface area (Å²) >= 11 is 1.58. The van der Waals surface area contributed by atoms with E-state index in [1.807, 2.05) is 49.4 Å². The third kappa shape index (κ3) is 4.23. The summed E-state index contributed by atoms with van der Waals surface area (Å²) in [7, 11) is 0. The van der Waals surface area contributed by atoms with Crippen molar-refractivity contribution in [1.82, 2.24) is 14.8 Å². The van der Waals surface area contributed by atoms with Crippen LogP contribution in [-0.2, 0) is 9.53 Å². The number of rotatable bonds is 1. The Morgan fingerprint density at radius 2 is 2.17 bits per heavy atom. The number of fused-ring (bicyclic) bond motifs is 2. The van der Waals surface area contributed by atoms with Gasteiger partial charge < -0.3 is 14.5 Å². The molecule has 2 saturated heterocycles. The zero-order valence-corrected chi connectivity index (χ0v) is 17.8. The minimum atomic E-state index is -0.515. The van der Waals surface area contributed by atoms with Crippen molar-refractivity contribution in [3.63, 3.8) is 0 Å². The maximum Gasteiger partial charge on any atom is 0.410 e. The molecular formula is C22H25N3O3S. The van der Waals surface area contributed by atoms with Gasteiger partial charge in [0.2, 0.25) is 5.91 Å². The van der Waals surface area contributed by atoms with Gasteiger partial charge in [0.1, 0.15) is 5.60 Å². The Hall–Kier alpha value is -2.59. The molecule has 6 nitrogen and oxygen atoms in total. The van der Waals surface area contributed by atoms with Crippen LogP contribution in [-0.4, -0.2) is 58.1 Å². The summed E-state index contributed by atoms with van der Waals surface area (Å²) < 4.78 is 6.57. The molecule has 0 bridgehead atoms. The predicted octanol–water partition coefficient (Wildman–Crippen LogP) is 3.51. The van der Waals surface area contributed by atoms with Crippen molar-refractivity contribution in [1.29, 1.82) is 0 Å². The van der Waals surface area contributed by atoms with Gasteiger partial charge >= 0.3 is 6.09 Å². The highest BCUT2D eigenvalue weighted by atomic mass is 32.1. The third-order valence-electron chi connectivity index (χ3n) is 5.25. The first-order chi connectivity index (χ1) is 13.8. The molecule has 2 aliphatic rings. The quantitative estimate of drug-likeness (QED) is 0.674. The topological polar surface area (TPSA) is 62.7 Å². The number of amides is 2. The Morgan fingerprint density at radius 3 is 2.97 bits per heavy atom. The van der Waals surface area contributed by atoms with Crippen LogP contribution in [0.3, 0.4) is 0 Å². The lowest BCUT2D eigenvalue weighted by Crippen LogP contribution is -2.54. The van der Waals surface area contributed by atoms with Gasteiger partial charge in [0.25, 0.3) is 0 Å². The van der Waals surface area contributed by atoms with Crippen molar-refractivity contribution in [2.24, 2.45) is 5.92 Å². The first kappa shape index (κ1) is 19.7. The lowest BCUT2D eigenvalue weighted by molar-refractivity contribution is -0.133. The fraction of sp³-hybridized carbons (Fsp3) is 0.500. The third-order valence-corrected chi connectivity index (χ3v) is 6.13. The molecule has 1 aromatic carbocycles. The van der Waals surface area contributed by atoms with Crippen LogP contribution in [0, 0.1) is 17.8 Å². The zero-order chi connectivity index (χ0) is 20.6. The minimum Gasteiger partial charge on any atom is -0.444 e. The number of hydrogen-bond acceptors (Lipinski definition) is 5. The van der Waals surface area contributed by atoms with E-state index in [2.05, 4.69) is 16.8 Å². The Labute approximate surface area is 174 Å². The molecular weight excluding hydrogens is 386 g/mol. The smallest absolute Gasteiger partial charge is 0.410 e. The number of benzene rings is 1. The molecule has 0 unspecified atom stereocenters. The van der Waals surface area contributed by atoms with Crippen LogP contribution in [0.5, 0.6) is 0 Å². The van der Waals surface area contributed by atoms with Crippen molar-refractivity contribution < 1.29 is 14.3 Å². The van der Waals surface area contributed by atoms with Crippen LogP contribution in [0.25, 0.3) is 10.2 Å². The summed E-state index contributed by atoms with van der Waals surface area (Å²) in [5.41, 5.74) is 3.23. The molecule has 152 valence electrons. The van der Waals surface area contributed by atoms with E-state index < -0.39 is 5.60 Å². The number of carbonyl (C=O) groups is 2. The molecule has 2 fully saturated rings. The summed E-state index contributed by atoms with van der Waals surface area (Å²) in [6.45, 7) is 7.20. The second kappa shape index (κ2) is 7.68. The summed E-state index contributed by atoms with van der Waals surface area (Å²) in [6, 6.07) is 5.98. The monoisotopic (exact) mass is 411 g/mol. The van der Waals surface area contributed by atoms with Gasteiger partial charge in [0.15, 0.2) is 0 Å². The molecule has 0 N–H and O–H groups in total. The van der Waals surface area contributed by atoms with E-state index >= 15 is 0 Å². The highest BCUT2D eigenvalue weighted by Gasteiger charge is 2.43. The number of nitrogens with zero attached hydrogens (tertiary/aromatic N) is 3. The standard InChI is InChI=1S/C22H25N3O3S/c1-22(2,3)28-21(27)24-10-11-25-17(13-24)12-16(20(25)26)8-4-6-15-7-5-9-18-19(15)29-14-23-18/h5,7,9,14,16-17H,8,10-13H2,1-3H3/t16-,17-/m0/s1. The molecule has 7 heteroatoms. The fourth-order valence-corrected chi connectivity index (χ4v) is 4.69. The summed E-state index contributed by atoms with van der Waals surface area (Å²) in [6.07, 6.45) is 0.968. The van der Waals surface area contributed by atoms with Gasteiger partial charge in [-0.3, -0.25) is 4.79 Å². The zero-order valence-electron chi connectivity index (χ0n) is 17.0. The lowest BCUT2D eigenvalue weighted by Gasteiger charge is -2.38. The minimum absolute atomic E-state index is 0.0560. The fourth-order valence-electron chi connectivity index (χ4n) is 3.93. The molecule has 0 radical (unpaired) electrons. The van der Waals surface area contributed by atoms with Gasteiger partial charge in [-0.2, -0.15) is 0 Å². The van der Waals surface area contributed by atoms with Crippen LogP contribution in [0.4, 0.5) is 4.79 Å². The molecule has 2 aliphatic heterocycles. The second-order valence-corrected chi connectivity index (χ2v) is 9.41. The highest BCUT2D eigenvalue weighted by molar-refractivity contribution is 7.17. The van der Waals surface area contributed by atoms with E-state index in [9.17, 15) is 9.59 Å². The van der Waals surface area contributed by atoms with Gasteiger partial charge in [-0.25, -0.2) is 9.78 Å². The van der Waals surface area contributed by atoms with E-state index in [-0.39, 0.29) is 24.0 Å². The average Bonchev–Trinajstić information content (AvgIpc) is 3.25. The Morgan fingerprint density at radius 1 is 1.34 bits per heavy atom. The molecule has 0 aliphatic carbocycles. The van der Waals surface area contributed by atoms with E-state index in [4.69, 9.17) is 4.74 Å². The number of ether oxygens (including phenoxy) is 1. The van der Waals surface area contributed by atoms with Crippen LogP contribution < -0.4 is 0 Å². The van der Waals surface area contributed by atoms with Crippen molar-refractivity contribution in [3.8, 4) is 11.8 Å². The molecule has 0 spiro atoms. The average molecular weight is 412 g/mol. The Kier molecular flexibility index (Phi) is 5.22. The maximum absolute atomic E-state index is 12.8. The van der Waals surface area contributed by atoms with Gasteiger partial charge in [0.05, 0.1) is 27.7 Å². The molecule has 0 saturated carbocycles. The normalized spacial score (nSPS) is 21.7. The predicted molar refractivity (Wildman–Crippen MR) is 113 cm³/mol. The van der Waals surface area contributed by atoms with Crippen LogP contribution in [0.2, 0.25) is 0 Å². The molecule has 29 heavy (non-hydrogen) atoms. The maximum atomic E-state index is 12.8. The summed E-state index contributed by atoms with van der Waals surface area (Å²) in [5, 5.41) is 0. The molecule has 2 aromatic rings. The molecule has 2 atom stereocenters. The van der Waals surface area contributed by atoms with Crippen molar-refractivity contribution >= 4 is 33.6 Å². The molecule has 2 amide bonds. The van der Waals surface area contributed by atoms with Gasteiger partial charge in [-0.15, -0.1) is 11.3 Å². The van der Waals surface area contributed by atoms with Crippen molar-refractivity contribution in [2.75, 3.05) is 19.6 Å². The van der Waals surface area contributed by atoms with E-state index in [1.54, 1.807) is 16.2 Å². The first-order valence-electron chi connectivity index (χ1n) is 9.91. The first-order valence-corrected chi connectivity index (χ1v) is 10.8. The number of hydrogen-bond donors (Lipinski definition) is 0.